The first-order chi connectivity index (χ1) is 8.15. The molecule has 0 aliphatic carbocycles. The summed E-state index contributed by atoms with van der Waals surface area (Å²) in [5.41, 5.74) is 2.13. The minimum Gasteiger partial charge on any atom is -0.294 e. The number of aryl methyl sites for hydroxylation is 1. The summed E-state index contributed by atoms with van der Waals surface area (Å²) in [6.45, 7) is 1.94. The Morgan fingerprint density at radius 1 is 1.29 bits per heavy atom. The van der Waals surface area contributed by atoms with Crippen molar-refractivity contribution < 1.29 is 9.18 Å². The molecule has 1 aromatic heterocycles. The van der Waals surface area contributed by atoms with Gasteiger partial charge in [-0.15, -0.1) is 0 Å². The highest BCUT2D eigenvalue weighted by atomic mass is 19.1. The number of carbonyl (C=O) groups is 1. The van der Waals surface area contributed by atoms with Gasteiger partial charge in [-0.25, -0.2) is 4.39 Å². The van der Waals surface area contributed by atoms with Gasteiger partial charge in [0, 0.05) is 17.5 Å². The van der Waals surface area contributed by atoms with Gasteiger partial charge in [0.05, 0.1) is 6.42 Å². The number of halogens is 1. The first-order valence-corrected chi connectivity index (χ1v) is 5.35. The number of ketones is 1. The lowest BCUT2D eigenvalue weighted by atomic mass is 10.1. The van der Waals surface area contributed by atoms with Crippen molar-refractivity contribution in [1.29, 1.82) is 0 Å². The van der Waals surface area contributed by atoms with Crippen LogP contribution in [0.5, 0.6) is 0 Å². The van der Waals surface area contributed by atoms with Crippen molar-refractivity contribution in [3.8, 4) is 0 Å². The molecule has 0 spiro atoms. The van der Waals surface area contributed by atoms with Crippen molar-refractivity contribution in [1.82, 2.24) is 4.98 Å². The Morgan fingerprint density at radius 3 is 2.76 bits per heavy atom. The first-order valence-electron chi connectivity index (χ1n) is 5.35. The number of benzene rings is 1. The molecule has 3 heteroatoms. The van der Waals surface area contributed by atoms with E-state index in [-0.39, 0.29) is 12.2 Å². The van der Waals surface area contributed by atoms with Gasteiger partial charge in [-0.05, 0) is 30.7 Å². The van der Waals surface area contributed by atoms with E-state index in [0.717, 1.165) is 5.56 Å². The number of aromatic nitrogens is 1. The van der Waals surface area contributed by atoms with Gasteiger partial charge in [0.2, 0.25) is 0 Å². The van der Waals surface area contributed by atoms with Crippen LogP contribution in [0.1, 0.15) is 21.6 Å². The van der Waals surface area contributed by atoms with Crippen LogP contribution in [0, 0.1) is 12.7 Å². The maximum absolute atomic E-state index is 13.0. The van der Waals surface area contributed by atoms with Crippen LogP contribution in [0.3, 0.4) is 0 Å². The zero-order valence-electron chi connectivity index (χ0n) is 9.48. The lowest BCUT2D eigenvalue weighted by Gasteiger charge is -2.01. The van der Waals surface area contributed by atoms with Gasteiger partial charge in [-0.2, -0.15) is 0 Å². The summed E-state index contributed by atoms with van der Waals surface area (Å²) in [7, 11) is 0. The molecule has 0 aliphatic rings. The molecule has 0 saturated heterocycles. The third-order valence-corrected chi connectivity index (χ3v) is 2.46. The molecule has 1 heterocycles. The Bertz CT molecular complexity index is 534. The highest BCUT2D eigenvalue weighted by Gasteiger charge is 2.08. The third kappa shape index (κ3) is 2.97. The largest absolute Gasteiger partial charge is 0.294 e. The minimum atomic E-state index is -0.396. The maximum Gasteiger partial charge on any atom is 0.168 e. The molecule has 17 heavy (non-hydrogen) atoms. The lowest BCUT2D eigenvalue weighted by molar-refractivity contribution is 0.0991. The summed E-state index contributed by atoms with van der Waals surface area (Å²) in [5.74, 6) is -0.520. The predicted molar refractivity (Wildman–Crippen MR) is 63.4 cm³/mol. The van der Waals surface area contributed by atoms with E-state index in [0.29, 0.717) is 11.3 Å². The van der Waals surface area contributed by atoms with E-state index >= 15 is 0 Å². The van der Waals surface area contributed by atoms with E-state index in [2.05, 4.69) is 4.98 Å². The Hall–Kier alpha value is -2.03. The first kappa shape index (κ1) is 11.5. The fourth-order valence-corrected chi connectivity index (χ4v) is 1.53. The molecule has 0 unspecified atom stereocenters. The standard InChI is InChI=1S/C14H12FNO/c1-10-5-6-13(16-9-10)8-14(17)11-3-2-4-12(15)7-11/h2-7,9H,8H2,1H3. The SMILES string of the molecule is Cc1ccc(CC(=O)c2cccc(F)c2)nc1. The molecule has 0 N–H and O–H groups in total. The van der Waals surface area contributed by atoms with Gasteiger partial charge in [-0.1, -0.05) is 18.2 Å². The molecule has 0 amide bonds. The second-order valence-electron chi connectivity index (χ2n) is 3.94. The van der Waals surface area contributed by atoms with E-state index in [9.17, 15) is 9.18 Å². The molecule has 0 atom stereocenters. The smallest absolute Gasteiger partial charge is 0.168 e. The monoisotopic (exact) mass is 229 g/mol. The van der Waals surface area contributed by atoms with Gasteiger partial charge >= 0.3 is 0 Å². The highest BCUT2D eigenvalue weighted by molar-refractivity contribution is 5.97. The van der Waals surface area contributed by atoms with E-state index in [4.69, 9.17) is 0 Å². The molecule has 0 fully saturated rings. The number of carbonyl (C=O) groups excluding carboxylic acids is 1. The van der Waals surface area contributed by atoms with Crippen LogP contribution in [-0.2, 0) is 6.42 Å². The fourth-order valence-electron chi connectivity index (χ4n) is 1.53. The van der Waals surface area contributed by atoms with E-state index in [1.807, 2.05) is 19.1 Å². The molecule has 1 aromatic carbocycles. The van der Waals surface area contributed by atoms with Crippen LogP contribution in [0.15, 0.2) is 42.6 Å². The van der Waals surface area contributed by atoms with Crippen molar-refractivity contribution >= 4 is 5.78 Å². The van der Waals surface area contributed by atoms with Crippen molar-refractivity contribution in [3.05, 3.63) is 65.2 Å². The molecule has 0 radical (unpaired) electrons. The highest BCUT2D eigenvalue weighted by Crippen LogP contribution is 2.08. The molecular formula is C14H12FNO. The number of pyridine rings is 1. The summed E-state index contributed by atoms with van der Waals surface area (Å²) in [4.78, 5) is 16.0. The average molecular weight is 229 g/mol. The van der Waals surface area contributed by atoms with Crippen molar-refractivity contribution in [2.45, 2.75) is 13.3 Å². The van der Waals surface area contributed by atoms with Crippen LogP contribution in [0.2, 0.25) is 0 Å². The molecule has 2 nitrogen and oxygen atoms in total. The molecule has 2 aromatic rings. The minimum absolute atomic E-state index is 0.124. The van der Waals surface area contributed by atoms with Crippen LogP contribution >= 0.6 is 0 Å². The quantitative estimate of drug-likeness (QED) is 0.757. The summed E-state index contributed by atoms with van der Waals surface area (Å²) < 4.78 is 13.0. The van der Waals surface area contributed by atoms with E-state index in [1.54, 1.807) is 12.3 Å². The third-order valence-electron chi connectivity index (χ3n) is 2.46. The Labute approximate surface area is 99.1 Å². The summed E-state index contributed by atoms with van der Waals surface area (Å²) in [6, 6.07) is 9.43. The Morgan fingerprint density at radius 2 is 2.12 bits per heavy atom. The molecular weight excluding hydrogens is 217 g/mol. The number of Topliss-reactive ketones (excluding diaryl/α,β-unsaturated/α-hetero) is 1. The van der Waals surface area contributed by atoms with Crippen LogP contribution in [0.25, 0.3) is 0 Å². The van der Waals surface area contributed by atoms with E-state index < -0.39 is 5.82 Å². The number of rotatable bonds is 3. The Kier molecular flexibility index (Phi) is 3.28. The number of hydrogen-bond acceptors (Lipinski definition) is 2. The van der Waals surface area contributed by atoms with Crippen molar-refractivity contribution in [2.24, 2.45) is 0 Å². The van der Waals surface area contributed by atoms with Crippen LogP contribution in [-0.4, -0.2) is 10.8 Å². The average Bonchev–Trinajstić information content (AvgIpc) is 2.32. The summed E-state index contributed by atoms with van der Waals surface area (Å²) in [5, 5.41) is 0. The second kappa shape index (κ2) is 4.87. The zero-order chi connectivity index (χ0) is 12.3. The summed E-state index contributed by atoms with van der Waals surface area (Å²) in [6.07, 6.45) is 1.91. The lowest BCUT2D eigenvalue weighted by Crippen LogP contribution is -2.05. The molecule has 0 bridgehead atoms. The van der Waals surface area contributed by atoms with Gasteiger partial charge in [0.15, 0.2) is 5.78 Å². The predicted octanol–water partition coefficient (Wildman–Crippen LogP) is 2.95. The van der Waals surface area contributed by atoms with E-state index in [1.165, 1.54) is 18.2 Å². The van der Waals surface area contributed by atoms with Gasteiger partial charge in [0.1, 0.15) is 5.82 Å². The molecule has 0 aliphatic heterocycles. The van der Waals surface area contributed by atoms with Crippen LogP contribution in [0.4, 0.5) is 4.39 Å². The number of nitrogens with zero attached hydrogens (tertiary/aromatic N) is 1. The fraction of sp³-hybridized carbons (Fsp3) is 0.143. The normalized spacial score (nSPS) is 10.2. The molecule has 2 rings (SSSR count). The Balaban J connectivity index is 2.14. The van der Waals surface area contributed by atoms with Gasteiger partial charge in [0.25, 0.3) is 0 Å². The second-order valence-corrected chi connectivity index (χ2v) is 3.94. The number of hydrogen-bond donors (Lipinski definition) is 0. The van der Waals surface area contributed by atoms with Crippen molar-refractivity contribution in [3.63, 3.8) is 0 Å². The van der Waals surface area contributed by atoms with Crippen molar-refractivity contribution in [2.75, 3.05) is 0 Å². The topological polar surface area (TPSA) is 30.0 Å². The van der Waals surface area contributed by atoms with Crippen LogP contribution < -0.4 is 0 Å². The van der Waals surface area contributed by atoms with Gasteiger partial charge < -0.3 is 0 Å². The molecule has 86 valence electrons. The maximum atomic E-state index is 13.0. The molecule has 0 saturated carbocycles. The van der Waals surface area contributed by atoms with Gasteiger partial charge in [-0.3, -0.25) is 9.78 Å². The summed E-state index contributed by atoms with van der Waals surface area (Å²) >= 11 is 0. The zero-order valence-corrected chi connectivity index (χ0v) is 9.48.